The monoisotopic (exact) mass is 420 g/mol. The number of hydrogen-bond acceptors (Lipinski definition) is 2. The molecule has 0 radical (unpaired) electrons. The van der Waals surface area contributed by atoms with Gasteiger partial charge in [-0.2, -0.15) is 0 Å². The predicted molar refractivity (Wildman–Crippen MR) is 96.6 cm³/mol. The van der Waals surface area contributed by atoms with Crippen molar-refractivity contribution in [2.45, 2.75) is 38.1 Å². The fraction of sp³-hybridized carbons (Fsp3) is 0.562. The number of anilines is 1. The van der Waals surface area contributed by atoms with Crippen LogP contribution in [0.15, 0.2) is 24.3 Å². The van der Waals surface area contributed by atoms with Crippen LogP contribution < -0.4 is 11.1 Å². The molecule has 0 aliphatic heterocycles. The highest BCUT2D eigenvalue weighted by molar-refractivity contribution is 14.1. The maximum atomic E-state index is 12.4. The second kappa shape index (κ2) is 7.29. The molecule has 2 fully saturated rings. The molecule has 0 aromatic heterocycles. The van der Waals surface area contributed by atoms with Gasteiger partial charge in [-0.3, -0.25) is 4.79 Å². The fourth-order valence-corrected chi connectivity index (χ4v) is 4.14. The summed E-state index contributed by atoms with van der Waals surface area (Å²) in [5.41, 5.74) is 7.18. The minimum atomic E-state index is 0. The van der Waals surface area contributed by atoms with E-state index in [9.17, 15) is 4.79 Å². The standard InChI is InChI=1S/C16H21IN2O.ClH/c17-13-4-6-14(7-5-13)19-16(20)12-8-10-2-1-3-11(9-12)15(10)18;/h4-7,10-12,15H,1-3,8-9,18H2,(H,19,20);1H. The molecule has 3 rings (SSSR count). The largest absolute Gasteiger partial charge is 0.327 e. The lowest BCUT2D eigenvalue weighted by Gasteiger charge is -2.43. The van der Waals surface area contributed by atoms with Crippen molar-refractivity contribution in [2.75, 3.05) is 5.32 Å². The summed E-state index contributed by atoms with van der Waals surface area (Å²) in [6.07, 6.45) is 5.62. The van der Waals surface area contributed by atoms with Gasteiger partial charge in [-0.15, -0.1) is 12.4 Å². The molecular weight excluding hydrogens is 399 g/mol. The Morgan fingerprint density at radius 2 is 1.71 bits per heavy atom. The van der Waals surface area contributed by atoms with Crippen LogP contribution in [-0.2, 0) is 4.79 Å². The number of hydrogen-bond donors (Lipinski definition) is 2. The Morgan fingerprint density at radius 3 is 2.29 bits per heavy atom. The molecule has 2 aliphatic rings. The average molecular weight is 421 g/mol. The second-order valence-electron chi connectivity index (χ2n) is 6.19. The van der Waals surface area contributed by atoms with E-state index in [0.717, 1.165) is 18.5 Å². The van der Waals surface area contributed by atoms with E-state index in [2.05, 4.69) is 27.9 Å². The summed E-state index contributed by atoms with van der Waals surface area (Å²) in [7, 11) is 0. The molecule has 3 nitrogen and oxygen atoms in total. The van der Waals surface area contributed by atoms with Gasteiger partial charge in [0.2, 0.25) is 5.91 Å². The molecule has 1 aromatic rings. The quantitative estimate of drug-likeness (QED) is 0.715. The highest BCUT2D eigenvalue weighted by Crippen LogP contribution is 2.42. The number of carbonyl (C=O) groups is 1. The molecule has 0 spiro atoms. The van der Waals surface area contributed by atoms with Gasteiger partial charge in [0.25, 0.3) is 0 Å². The second-order valence-corrected chi connectivity index (χ2v) is 7.44. The maximum absolute atomic E-state index is 12.4. The summed E-state index contributed by atoms with van der Waals surface area (Å²) in [6, 6.07) is 8.29. The van der Waals surface area contributed by atoms with Crippen LogP contribution in [-0.4, -0.2) is 11.9 Å². The van der Waals surface area contributed by atoms with Crippen LogP contribution in [0.5, 0.6) is 0 Å². The molecule has 2 bridgehead atoms. The van der Waals surface area contributed by atoms with Crippen LogP contribution in [0.3, 0.4) is 0 Å². The zero-order valence-electron chi connectivity index (χ0n) is 11.9. The third-order valence-electron chi connectivity index (χ3n) is 4.90. The van der Waals surface area contributed by atoms with E-state index in [1.807, 2.05) is 24.3 Å². The van der Waals surface area contributed by atoms with E-state index in [1.165, 1.54) is 22.8 Å². The lowest BCUT2D eigenvalue weighted by molar-refractivity contribution is -0.122. The minimum Gasteiger partial charge on any atom is -0.327 e. The number of rotatable bonds is 2. The number of nitrogens with one attached hydrogen (secondary N) is 1. The van der Waals surface area contributed by atoms with E-state index in [0.29, 0.717) is 17.9 Å². The van der Waals surface area contributed by atoms with Gasteiger partial charge in [-0.1, -0.05) is 6.42 Å². The van der Waals surface area contributed by atoms with Gasteiger partial charge in [-0.05, 0) is 84.4 Å². The fourth-order valence-electron chi connectivity index (χ4n) is 3.78. The van der Waals surface area contributed by atoms with Crippen molar-refractivity contribution in [2.24, 2.45) is 23.5 Å². The van der Waals surface area contributed by atoms with Gasteiger partial charge in [0.05, 0.1) is 0 Å². The number of amides is 1. The van der Waals surface area contributed by atoms with Crippen LogP contribution in [0.25, 0.3) is 0 Å². The van der Waals surface area contributed by atoms with Crippen LogP contribution in [0, 0.1) is 21.3 Å². The van der Waals surface area contributed by atoms with Crippen molar-refractivity contribution >= 4 is 46.6 Å². The Hall–Kier alpha value is -0.330. The molecule has 3 N–H and O–H groups in total. The van der Waals surface area contributed by atoms with E-state index in [4.69, 9.17) is 5.73 Å². The first-order chi connectivity index (χ1) is 9.63. The van der Waals surface area contributed by atoms with E-state index >= 15 is 0 Å². The van der Waals surface area contributed by atoms with Gasteiger partial charge in [0.1, 0.15) is 0 Å². The van der Waals surface area contributed by atoms with Crippen LogP contribution in [0.4, 0.5) is 5.69 Å². The maximum Gasteiger partial charge on any atom is 0.227 e. The highest BCUT2D eigenvalue weighted by Gasteiger charge is 2.40. The van der Waals surface area contributed by atoms with Crippen molar-refractivity contribution in [3.8, 4) is 0 Å². The third-order valence-corrected chi connectivity index (χ3v) is 5.61. The highest BCUT2D eigenvalue weighted by atomic mass is 127. The molecule has 0 saturated heterocycles. The van der Waals surface area contributed by atoms with Crippen LogP contribution >= 0.6 is 35.0 Å². The summed E-state index contributed by atoms with van der Waals surface area (Å²) < 4.78 is 1.18. The summed E-state index contributed by atoms with van der Waals surface area (Å²) in [4.78, 5) is 12.4. The molecule has 5 heteroatoms. The van der Waals surface area contributed by atoms with Crippen molar-refractivity contribution in [3.63, 3.8) is 0 Å². The van der Waals surface area contributed by atoms with E-state index < -0.39 is 0 Å². The van der Waals surface area contributed by atoms with Gasteiger partial charge in [0.15, 0.2) is 0 Å². The van der Waals surface area contributed by atoms with Crippen LogP contribution in [0.2, 0.25) is 0 Å². The zero-order valence-corrected chi connectivity index (χ0v) is 14.9. The normalized spacial score (nSPS) is 31.1. The number of fused-ring (bicyclic) bond motifs is 2. The van der Waals surface area contributed by atoms with Crippen molar-refractivity contribution in [3.05, 3.63) is 27.8 Å². The van der Waals surface area contributed by atoms with Gasteiger partial charge >= 0.3 is 0 Å². The topological polar surface area (TPSA) is 55.1 Å². The summed E-state index contributed by atoms with van der Waals surface area (Å²) in [5, 5.41) is 3.06. The smallest absolute Gasteiger partial charge is 0.227 e. The Bertz CT molecular complexity index is 480. The molecule has 1 aromatic carbocycles. The van der Waals surface area contributed by atoms with Gasteiger partial charge in [0, 0.05) is 21.2 Å². The summed E-state index contributed by atoms with van der Waals surface area (Å²) in [5.74, 6) is 1.42. The first-order valence-electron chi connectivity index (χ1n) is 7.45. The Morgan fingerprint density at radius 1 is 1.14 bits per heavy atom. The Balaban J connectivity index is 0.00000161. The predicted octanol–water partition coefficient (Wildman–Crippen LogP) is 3.81. The summed E-state index contributed by atoms with van der Waals surface area (Å²) in [6.45, 7) is 0. The Kier molecular flexibility index (Phi) is 5.91. The molecular formula is C16H22ClIN2O. The molecule has 116 valence electrons. The molecule has 2 atom stereocenters. The molecule has 2 saturated carbocycles. The average Bonchev–Trinajstić information content (AvgIpc) is 2.41. The lowest BCUT2D eigenvalue weighted by Crippen LogP contribution is -2.48. The van der Waals surface area contributed by atoms with Gasteiger partial charge in [-0.25, -0.2) is 0 Å². The van der Waals surface area contributed by atoms with Crippen molar-refractivity contribution in [1.82, 2.24) is 0 Å². The lowest BCUT2D eigenvalue weighted by atomic mass is 9.65. The molecule has 2 aliphatic carbocycles. The number of benzene rings is 1. The third kappa shape index (κ3) is 3.90. The van der Waals surface area contributed by atoms with Gasteiger partial charge < -0.3 is 11.1 Å². The molecule has 0 heterocycles. The van der Waals surface area contributed by atoms with Crippen molar-refractivity contribution in [1.29, 1.82) is 0 Å². The molecule has 2 unspecified atom stereocenters. The zero-order chi connectivity index (χ0) is 14.1. The first-order valence-corrected chi connectivity index (χ1v) is 8.53. The van der Waals surface area contributed by atoms with Crippen LogP contribution in [0.1, 0.15) is 32.1 Å². The molecule has 21 heavy (non-hydrogen) atoms. The first kappa shape index (κ1) is 17.0. The SMILES string of the molecule is Cl.NC1C2CCCC1CC(C(=O)Nc1ccc(I)cc1)C2. The number of carbonyl (C=O) groups excluding carboxylic acids is 1. The minimum absolute atomic E-state index is 0. The number of nitrogens with two attached hydrogens (primary N) is 1. The number of halogens is 2. The Labute approximate surface area is 146 Å². The van der Waals surface area contributed by atoms with E-state index in [-0.39, 0.29) is 24.2 Å². The van der Waals surface area contributed by atoms with Crippen molar-refractivity contribution < 1.29 is 4.79 Å². The molecule has 1 amide bonds. The van der Waals surface area contributed by atoms with E-state index in [1.54, 1.807) is 0 Å². The summed E-state index contributed by atoms with van der Waals surface area (Å²) >= 11 is 2.27.